The van der Waals surface area contributed by atoms with Gasteiger partial charge < -0.3 is 5.32 Å². The number of rotatable bonds is 3. The molecule has 1 N–H and O–H groups in total. The Bertz CT molecular complexity index is 504. The van der Waals surface area contributed by atoms with Gasteiger partial charge in [0.15, 0.2) is 0 Å². The number of hydrogen-bond donors (Lipinski definition) is 1. The molecule has 0 radical (unpaired) electrons. The van der Waals surface area contributed by atoms with Crippen LogP contribution >= 0.6 is 22.6 Å². The van der Waals surface area contributed by atoms with Crippen molar-refractivity contribution in [2.45, 2.75) is 13.0 Å². The van der Waals surface area contributed by atoms with Crippen LogP contribution in [0.4, 0.5) is 10.1 Å². The van der Waals surface area contributed by atoms with Gasteiger partial charge in [0.1, 0.15) is 5.82 Å². The normalized spacial score (nSPS) is 12.2. The maximum Gasteiger partial charge on any atom is 0.138 e. The molecule has 17 heavy (non-hydrogen) atoms. The van der Waals surface area contributed by atoms with E-state index in [0.29, 0.717) is 3.57 Å². The van der Waals surface area contributed by atoms with E-state index in [-0.39, 0.29) is 11.9 Å². The predicted octanol–water partition coefficient (Wildman–Crippen LogP) is 3.39. The molecular weight excluding hydrogens is 332 g/mol. The molecule has 1 heterocycles. The molecule has 1 aromatic heterocycles. The minimum absolute atomic E-state index is 0.0148. The number of hydrogen-bond acceptors (Lipinski definition) is 3. The molecule has 0 amide bonds. The van der Waals surface area contributed by atoms with Gasteiger partial charge in [0.25, 0.3) is 0 Å². The quantitative estimate of drug-likeness (QED) is 0.869. The van der Waals surface area contributed by atoms with E-state index in [1.807, 2.05) is 35.6 Å². The van der Waals surface area contributed by atoms with Crippen molar-refractivity contribution >= 4 is 28.3 Å². The molecule has 3 nitrogen and oxygen atoms in total. The van der Waals surface area contributed by atoms with Gasteiger partial charge in [0.05, 0.1) is 27.2 Å². The Labute approximate surface area is 113 Å². The van der Waals surface area contributed by atoms with Crippen molar-refractivity contribution in [2.24, 2.45) is 0 Å². The predicted molar refractivity (Wildman–Crippen MR) is 73.2 cm³/mol. The summed E-state index contributed by atoms with van der Waals surface area (Å²) in [7, 11) is 0. The molecule has 0 fully saturated rings. The lowest BCUT2D eigenvalue weighted by Crippen LogP contribution is -2.10. The summed E-state index contributed by atoms with van der Waals surface area (Å²) < 4.78 is 13.9. The van der Waals surface area contributed by atoms with Gasteiger partial charge in [-0.05, 0) is 41.6 Å². The Morgan fingerprint density at radius 1 is 1.35 bits per heavy atom. The Morgan fingerprint density at radius 3 is 2.88 bits per heavy atom. The fourth-order valence-corrected chi connectivity index (χ4v) is 1.97. The summed E-state index contributed by atoms with van der Waals surface area (Å²) in [4.78, 5) is 8.21. The molecule has 88 valence electrons. The highest BCUT2D eigenvalue weighted by molar-refractivity contribution is 14.1. The summed E-state index contributed by atoms with van der Waals surface area (Å²) in [6.45, 7) is 1.96. The molecule has 0 saturated carbocycles. The Kier molecular flexibility index (Phi) is 3.88. The van der Waals surface area contributed by atoms with Gasteiger partial charge in [0.2, 0.25) is 0 Å². The zero-order chi connectivity index (χ0) is 12.3. The third kappa shape index (κ3) is 2.91. The fourth-order valence-electron chi connectivity index (χ4n) is 1.46. The number of nitrogens with zero attached hydrogens (tertiary/aromatic N) is 2. The average molecular weight is 343 g/mol. The van der Waals surface area contributed by atoms with Crippen molar-refractivity contribution in [3.8, 4) is 0 Å². The van der Waals surface area contributed by atoms with E-state index < -0.39 is 0 Å². The molecule has 0 aliphatic heterocycles. The molecule has 0 spiro atoms. The number of nitrogens with one attached hydrogen (secondary N) is 1. The molecule has 0 aliphatic carbocycles. The van der Waals surface area contributed by atoms with Crippen molar-refractivity contribution in [1.82, 2.24) is 9.97 Å². The van der Waals surface area contributed by atoms with Crippen LogP contribution in [0.5, 0.6) is 0 Å². The third-order valence-corrected chi connectivity index (χ3v) is 3.45. The first-order chi connectivity index (χ1) is 8.18. The van der Waals surface area contributed by atoms with E-state index in [4.69, 9.17) is 0 Å². The zero-order valence-electron chi connectivity index (χ0n) is 9.19. The Morgan fingerprint density at radius 2 is 2.18 bits per heavy atom. The maximum absolute atomic E-state index is 13.4. The van der Waals surface area contributed by atoms with E-state index in [2.05, 4.69) is 15.3 Å². The number of anilines is 1. The van der Waals surface area contributed by atoms with Gasteiger partial charge in [-0.3, -0.25) is 9.97 Å². The van der Waals surface area contributed by atoms with Crippen LogP contribution in [0.3, 0.4) is 0 Å². The summed E-state index contributed by atoms with van der Waals surface area (Å²) in [6, 6.07) is 4.96. The molecule has 0 saturated heterocycles. The van der Waals surface area contributed by atoms with E-state index in [1.54, 1.807) is 24.7 Å². The molecule has 2 aromatic rings. The van der Waals surface area contributed by atoms with Gasteiger partial charge >= 0.3 is 0 Å². The van der Waals surface area contributed by atoms with Gasteiger partial charge in [-0.15, -0.1) is 0 Å². The lowest BCUT2D eigenvalue weighted by molar-refractivity contribution is 0.620. The van der Waals surface area contributed by atoms with Gasteiger partial charge in [-0.2, -0.15) is 0 Å². The first-order valence-electron chi connectivity index (χ1n) is 5.15. The largest absolute Gasteiger partial charge is 0.376 e. The molecule has 1 unspecified atom stereocenters. The second kappa shape index (κ2) is 5.39. The smallest absolute Gasteiger partial charge is 0.138 e. The highest BCUT2D eigenvalue weighted by atomic mass is 127. The van der Waals surface area contributed by atoms with Crippen LogP contribution in [0.25, 0.3) is 0 Å². The minimum Gasteiger partial charge on any atom is -0.376 e. The SMILES string of the molecule is CC(Nc1cccc(F)c1I)c1cnccn1. The Balaban J connectivity index is 2.19. The fraction of sp³-hybridized carbons (Fsp3) is 0.167. The summed E-state index contributed by atoms with van der Waals surface area (Å²) in [5.74, 6) is -0.220. The van der Waals surface area contributed by atoms with E-state index in [9.17, 15) is 4.39 Å². The van der Waals surface area contributed by atoms with Gasteiger partial charge in [0, 0.05) is 12.4 Å². The lowest BCUT2D eigenvalue weighted by Gasteiger charge is -2.15. The van der Waals surface area contributed by atoms with E-state index in [1.165, 1.54) is 6.07 Å². The monoisotopic (exact) mass is 343 g/mol. The zero-order valence-corrected chi connectivity index (χ0v) is 11.3. The van der Waals surface area contributed by atoms with Crippen molar-refractivity contribution < 1.29 is 4.39 Å². The molecule has 0 bridgehead atoms. The second-order valence-corrected chi connectivity index (χ2v) is 4.68. The third-order valence-electron chi connectivity index (χ3n) is 2.35. The maximum atomic E-state index is 13.4. The topological polar surface area (TPSA) is 37.8 Å². The molecule has 2 rings (SSSR count). The van der Waals surface area contributed by atoms with Crippen molar-refractivity contribution in [3.63, 3.8) is 0 Å². The summed E-state index contributed by atoms with van der Waals surface area (Å²) in [6.07, 6.45) is 4.97. The number of aromatic nitrogens is 2. The summed E-state index contributed by atoms with van der Waals surface area (Å²) in [5.41, 5.74) is 1.59. The van der Waals surface area contributed by atoms with Gasteiger partial charge in [-0.1, -0.05) is 6.07 Å². The first-order valence-corrected chi connectivity index (χ1v) is 6.23. The van der Waals surface area contributed by atoms with Crippen LogP contribution in [0.2, 0.25) is 0 Å². The molecule has 0 aliphatic rings. The van der Waals surface area contributed by atoms with Crippen LogP contribution < -0.4 is 5.32 Å². The standard InChI is InChI=1S/C12H11FIN3/c1-8(11-7-15-5-6-16-11)17-10-4-2-3-9(13)12(10)14/h2-8,17H,1H3. The minimum atomic E-state index is -0.220. The highest BCUT2D eigenvalue weighted by Crippen LogP contribution is 2.24. The Hall–Kier alpha value is -1.24. The van der Waals surface area contributed by atoms with Gasteiger partial charge in [-0.25, -0.2) is 4.39 Å². The second-order valence-electron chi connectivity index (χ2n) is 3.60. The van der Waals surface area contributed by atoms with Crippen LogP contribution in [0.1, 0.15) is 18.7 Å². The summed E-state index contributed by atoms with van der Waals surface area (Å²) in [5, 5.41) is 3.22. The van der Waals surface area contributed by atoms with Crippen molar-refractivity contribution in [1.29, 1.82) is 0 Å². The van der Waals surface area contributed by atoms with Crippen molar-refractivity contribution in [3.05, 3.63) is 51.9 Å². The van der Waals surface area contributed by atoms with E-state index in [0.717, 1.165) is 11.4 Å². The summed E-state index contributed by atoms with van der Waals surface area (Å²) >= 11 is 1.98. The molecular formula is C12H11FIN3. The van der Waals surface area contributed by atoms with E-state index >= 15 is 0 Å². The highest BCUT2D eigenvalue weighted by Gasteiger charge is 2.10. The van der Waals surface area contributed by atoms with Crippen LogP contribution in [-0.2, 0) is 0 Å². The molecule has 5 heteroatoms. The van der Waals surface area contributed by atoms with Crippen molar-refractivity contribution in [2.75, 3.05) is 5.32 Å². The van der Waals surface area contributed by atoms with Crippen LogP contribution in [-0.4, -0.2) is 9.97 Å². The molecule has 1 atom stereocenters. The van der Waals surface area contributed by atoms with Crippen LogP contribution in [0.15, 0.2) is 36.8 Å². The number of benzene rings is 1. The van der Waals surface area contributed by atoms with Crippen LogP contribution in [0, 0.1) is 9.39 Å². The molecule has 1 aromatic carbocycles. The average Bonchev–Trinajstić information content (AvgIpc) is 2.36. The number of halogens is 2. The lowest BCUT2D eigenvalue weighted by atomic mass is 10.2. The first kappa shape index (κ1) is 12.2.